The summed E-state index contributed by atoms with van der Waals surface area (Å²) in [4.78, 5) is 14.0. The molecule has 1 heterocycles. The van der Waals surface area contributed by atoms with Crippen molar-refractivity contribution in [2.45, 2.75) is 57.2 Å². The Balaban J connectivity index is 1.67. The lowest BCUT2D eigenvalue weighted by molar-refractivity contribution is -0.120. The molecule has 1 amide bonds. The maximum atomic E-state index is 11.6. The average molecular weight is 287 g/mol. The van der Waals surface area contributed by atoms with Gasteiger partial charge < -0.3 is 16.0 Å². The highest BCUT2D eigenvalue weighted by Crippen LogP contribution is 2.30. The molecule has 2 aliphatic rings. The summed E-state index contributed by atoms with van der Waals surface area (Å²) in [5, 5.41) is 3.37. The van der Waals surface area contributed by atoms with Crippen LogP contribution in [0.2, 0.25) is 0 Å². The van der Waals surface area contributed by atoms with Crippen molar-refractivity contribution in [2.24, 2.45) is 5.73 Å². The number of fused-ring (bicyclic) bond motifs is 1. The number of benzene rings is 1. The third-order valence-electron chi connectivity index (χ3n) is 4.68. The monoisotopic (exact) mass is 287 g/mol. The number of nitrogens with zero attached hydrogens (tertiary/aromatic N) is 1. The first-order valence-electron chi connectivity index (χ1n) is 8.05. The predicted octanol–water partition coefficient (Wildman–Crippen LogP) is 1.82. The lowest BCUT2D eigenvalue weighted by atomic mass is 9.96. The van der Waals surface area contributed by atoms with E-state index in [9.17, 15) is 4.79 Å². The molecular weight excluding hydrogens is 262 g/mol. The van der Waals surface area contributed by atoms with Gasteiger partial charge in [-0.05, 0) is 50.7 Å². The van der Waals surface area contributed by atoms with Crippen LogP contribution in [0.3, 0.4) is 0 Å². The molecule has 0 bridgehead atoms. The molecule has 0 spiro atoms. The normalized spacial score (nSPS) is 22.7. The molecule has 114 valence electrons. The summed E-state index contributed by atoms with van der Waals surface area (Å²) >= 11 is 0. The average Bonchev–Trinajstić information content (AvgIpc) is 3.28. The fraction of sp³-hybridized carbons (Fsp3) is 0.588. The standard InChI is InChI=1S/C17H25N3O/c1-12-6-7-13-4-2-3-5-16(13)20(12)11-10-15(17(18)21)19-14-8-9-14/h2-5,12,14-15,19H,6-11H2,1H3,(H2,18,21). The van der Waals surface area contributed by atoms with E-state index in [1.807, 2.05) is 0 Å². The Hall–Kier alpha value is -1.55. The quantitative estimate of drug-likeness (QED) is 0.839. The number of amides is 1. The van der Waals surface area contributed by atoms with Crippen molar-refractivity contribution >= 4 is 11.6 Å². The molecule has 0 saturated heterocycles. The van der Waals surface area contributed by atoms with Gasteiger partial charge in [-0.25, -0.2) is 0 Å². The topological polar surface area (TPSA) is 58.4 Å². The molecule has 0 radical (unpaired) electrons. The number of para-hydroxylation sites is 1. The molecule has 4 nitrogen and oxygen atoms in total. The number of rotatable bonds is 6. The van der Waals surface area contributed by atoms with Crippen LogP contribution in [0.25, 0.3) is 0 Å². The van der Waals surface area contributed by atoms with Crippen molar-refractivity contribution in [3.8, 4) is 0 Å². The van der Waals surface area contributed by atoms with E-state index in [0.29, 0.717) is 12.1 Å². The van der Waals surface area contributed by atoms with Crippen LogP contribution >= 0.6 is 0 Å². The summed E-state index contributed by atoms with van der Waals surface area (Å²) in [7, 11) is 0. The summed E-state index contributed by atoms with van der Waals surface area (Å²) in [5.74, 6) is -0.222. The molecule has 21 heavy (non-hydrogen) atoms. The number of anilines is 1. The predicted molar refractivity (Wildman–Crippen MR) is 85.3 cm³/mol. The molecular formula is C17H25N3O. The first kappa shape index (κ1) is 14.4. The third-order valence-corrected chi connectivity index (χ3v) is 4.68. The van der Waals surface area contributed by atoms with Gasteiger partial charge in [-0.1, -0.05) is 18.2 Å². The first-order chi connectivity index (χ1) is 10.1. The van der Waals surface area contributed by atoms with Crippen LogP contribution < -0.4 is 16.0 Å². The zero-order valence-corrected chi connectivity index (χ0v) is 12.7. The van der Waals surface area contributed by atoms with Crippen molar-refractivity contribution in [1.82, 2.24) is 5.32 Å². The number of nitrogens with two attached hydrogens (primary N) is 1. The second kappa shape index (κ2) is 6.06. The van der Waals surface area contributed by atoms with Crippen LogP contribution in [-0.4, -0.2) is 30.6 Å². The summed E-state index contributed by atoms with van der Waals surface area (Å²) in [5.41, 5.74) is 8.28. The maximum Gasteiger partial charge on any atom is 0.234 e. The van der Waals surface area contributed by atoms with E-state index in [4.69, 9.17) is 5.73 Å². The van der Waals surface area contributed by atoms with Crippen LogP contribution in [0.15, 0.2) is 24.3 Å². The van der Waals surface area contributed by atoms with Crippen LogP contribution in [0.1, 0.15) is 38.2 Å². The van der Waals surface area contributed by atoms with Gasteiger partial charge in [0.15, 0.2) is 0 Å². The SMILES string of the molecule is CC1CCc2ccccc2N1CCC(NC1CC1)C(N)=O. The lowest BCUT2D eigenvalue weighted by Crippen LogP contribution is -2.46. The Morgan fingerprint density at radius 2 is 2.14 bits per heavy atom. The number of primary amides is 1. The molecule has 4 heteroatoms. The van der Waals surface area contributed by atoms with Gasteiger partial charge in [0.25, 0.3) is 0 Å². The van der Waals surface area contributed by atoms with Gasteiger partial charge in [0, 0.05) is 24.3 Å². The zero-order chi connectivity index (χ0) is 14.8. The number of nitrogens with one attached hydrogen (secondary N) is 1. The Kier molecular flexibility index (Phi) is 4.15. The van der Waals surface area contributed by atoms with E-state index in [-0.39, 0.29) is 11.9 Å². The Morgan fingerprint density at radius 3 is 2.86 bits per heavy atom. The molecule has 1 aromatic rings. The van der Waals surface area contributed by atoms with Gasteiger partial charge in [0.2, 0.25) is 5.91 Å². The van der Waals surface area contributed by atoms with Crippen molar-refractivity contribution in [1.29, 1.82) is 0 Å². The fourth-order valence-corrected chi connectivity index (χ4v) is 3.21. The molecule has 1 aromatic carbocycles. The number of hydrogen-bond donors (Lipinski definition) is 2. The van der Waals surface area contributed by atoms with Crippen molar-refractivity contribution < 1.29 is 4.79 Å². The number of carbonyl (C=O) groups excluding carboxylic acids is 1. The lowest BCUT2D eigenvalue weighted by Gasteiger charge is -2.37. The second-order valence-electron chi connectivity index (χ2n) is 6.39. The van der Waals surface area contributed by atoms with Gasteiger partial charge in [0.1, 0.15) is 0 Å². The summed E-state index contributed by atoms with van der Waals surface area (Å²) in [6, 6.07) is 9.44. The van der Waals surface area contributed by atoms with Crippen molar-refractivity contribution in [3.05, 3.63) is 29.8 Å². The summed E-state index contributed by atoms with van der Waals surface area (Å²) < 4.78 is 0. The highest BCUT2D eigenvalue weighted by molar-refractivity contribution is 5.80. The Labute approximate surface area is 126 Å². The minimum absolute atomic E-state index is 0.196. The molecule has 1 fully saturated rings. The molecule has 1 aliphatic heterocycles. The molecule has 2 unspecified atom stereocenters. The molecule has 3 rings (SSSR count). The van der Waals surface area contributed by atoms with E-state index >= 15 is 0 Å². The smallest absolute Gasteiger partial charge is 0.234 e. The third kappa shape index (κ3) is 3.38. The van der Waals surface area contributed by atoms with Crippen molar-refractivity contribution in [2.75, 3.05) is 11.4 Å². The van der Waals surface area contributed by atoms with Gasteiger partial charge in [0.05, 0.1) is 6.04 Å². The second-order valence-corrected chi connectivity index (χ2v) is 6.39. The largest absolute Gasteiger partial charge is 0.369 e. The van der Waals surface area contributed by atoms with Gasteiger partial charge in [-0.15, -0.1) is 0 Å². The van der Waals surface area contributed by atoms with Gasteiger partial charge in [-0.3, -0.25) is 4.79 Å². The first-order valence-corrected chi connectivity index (χ1v) is 8.05. The van der Waals surface area contributed by atoms with Crippen LogP contribution in [0, 0.1) is 0 Å². The van der Waals surface area contributed by atoms with Gasteiger partial charge >= 0.3 is 0 Å². The summed E-state index contributed by atoms with van der Waals surface area (Å²) in [6.45, 7) is 3.15. The number of hydrogen-bond acceptors (Lipinski definition) is 3. The highest BCUT2D eigenvalue weighted by atomic mass is 16.1. The maximum absolute atomic E-state index is 11.6. The highest BCUT2D eigenvalue weighted by Gasteiger charge is 2.29. The minimum Gasteiger partial charge on any atom is -0.369 e. The summed E-state index contributed by atoms with van der Waals surface area (Å²) in [6.07, 6.45) is 5.45. The molecule has 0 aromatic heterocycles. The minimum atomic E-state index is -0.222. The van der Waals surface area contributed by atoms with E-state index in [1.54, 1.807) is 0 Å². The number of aryl methyl sites for hydroxylation is 1. The Morgan fingerprint density at radius 1 is 1.38 bits per heavy atom. The molecule has 3 N–H and O–H groups in total. The van der Waals surface area contributed by atoms with E-state index in [0.717, 1.165) is 19.4 Å². The fourth-order valence-electron chi connectivity index (χ4n) is 3.21. The molecule has 1 saturated carbocycles. The zero-order valence-electron chi connectivity index (χ0n) is 12.7. The molecule has 1 aliphatic carbocycles. The van der Waals surface area contributed by atoms with Crippen LogP contribution in [0.4, 0.5) is 5.69 Å². The van der Waals surface area contributed by atoms with Crippen LogP contribution in [0.5, 0.6) is 0 Å². The van der Waals surface area contributed by atoms with E-state index in [2.05, 4.69) is 41.4 Å². The van der Waals surface area contributed by atoms with Crippen LogP contribution in [-0.2, 0) is 11.2 Å². The van der Waals surface area contributed by atoms with Gasteiger partial charge in [-0.2, -0.15) is 0 Å². The number of carbonyl (C=O) groups is 1. The van der Waals surface area contributed by atoms with E-state index < -0.39 is 0 Å². The molecule has 2 atom stereocenters. The van der Waals surface area contributed by atoms with E-state index in [1.165, 1.54) is 30.5 Å². The Bertz CT molecular complexity index is 513. The van der Waals surface area contributed by atoms with Crippen molar-refractivity contribution in [3.63, 3.8) is 0 Å².